The fraction of sp³-hybridized carbons (Fsp3) is 0.414. The van der Waals surface area contributed by atoms with E-state index in [9.17, 15) is 32.6 Å². The molecule has 7 nitrogen and oxygen atoms in total. The third-order valence-corrected chi connectivity index (χ3v) is 8.16. The minimum absolute atomic E-state index is 0.00147. The van der Waals surface area contributed by atoms with E-state index in [0.29, 0.717) is 12.8 Å². The van der Waals surface area contributed by atoms with E-state index in [1.165, 1.54) is 12.1 Å². The van der Waals surface area contributed by atoms with Crippen LogP contribution in [0.1, 0.15) is 60.8 Å². The van der Waals surface area contributed by atoms with Gasteiger partial charge in [0.05, 0.1) is 23.2 Å². The van der Waals surface area contributed by atoms with Gasteiger partial charge >= 0.3 is 12.1 Å². The van der Waals surface area contributed by atoms with Crippen LogP contribution < -0.4 is 9.47 Å². The summed E-state index contributed by atoms with van der Waals surface area (Å²) in [7, 11) is 0. The molecule has 2 bridgehead atoms. The van der Waals surface area contributed by atoms with Crippen LogP contribution in [0.4, 0.5) is 17.6 Å². The van der Waals surface area contributed by atoms with Crippen LogP contribution in [0, 0.1) is 17.2 Å². The summed E-state index contributed by atoms with van der Waals surface area (Å²) in [5, 5.41) is 19.3. The molecule has 4 atom stereocenters. The van der Waals surface area contributed by atoms with Crippen LogP contribution in [0.3, 0.4) is 0 Å². The van der Waals surface area contributed by atoms with Crippen LogP contribution in [0.15, 0.2) is 42.7 Å². The second kappa shape index (κ2) is 8.89. The highest BCUT2D eigenvalue weighted by Gasteiger charge is 2.95. The van der Waals surface area contributed by atoms with E-state index in [1.54, 1.807) is 26.1 Å². The van der Waals surface area contributed by atoms with Crippen LogP contribution in [0.2, 0.25) is 0 Å². The van der Waals surface area contributed by atoms with Crippen molar-refractivity contribution in [3.8, 4) is 22.9 Å². The molecule has 2 saturated carbocycles. The fourth-order valence-electron chi connectivity index (χ4n) is 6.18. The number of aliphatic hydroxyl groups is 1. The molecule has 4 aliphatic rings. The summed E-state index contributed by atoms with van der Waals surface area (Å²) >= 11 is 0. The molecule has 40 heavy (non-hydrogen) atoms. The lowest BCUT2D eigenvalue weighted by atomic mass is 9.99. The van der Waals surface area contributed by atoms with Gasteiger partial charge in [-0.05, 0) is 61.4 Å². The average Bonchev–Trinajstić information content (AvgIpc) is 3.68. The highest BCUT2D eigenvalue weighted by molar-refractivity contribution is 5.93. The van der Waals surface area contributed by atoms with E-state index in [4.69, 9.17) is 9.47 Å². The van der Waals surface area contributed by atoms with Gasteiger partial charge in [0.25, 0.3) is 0 Å². The molecule has 4 unspecified atom stereocenters. The summed E-state index contributed by atoms with van der Waals surface area (Å²) in [6.45, 7) is 3.06. The van der Waals surface area contributed by atoms with E-state index >= 15 is 0 Å². The van der Waals surface area contributed by atoms with E-state index < -0.39 is 34.5 Å². The number of aromatic nitrogens is 2. The first kappa shape index (κ1) is 26.5. The first-order valence-electron chi connectivity index (χ1n) is 12.9. The van der Waals surface area contributed by atoms with Gasteiger partial charge in [0.15, 0.2) is 0 Å². The number of alkyl halides is 3. The first-order valence-corrected chi connectivity index (χ1v) is 12.9. The maximum absolute atomic E-state index is 14.6. The number of pyridine rings is 2. The number of carboxylic acids is 1. The van der Waals surface area contributed by atoms with Crippen molar-refractivity contribution in [2.45, 2.75) is 56.9 Å². The Morgan fingerprint density at radius 3 is 2.40 bits per heavy atom. The third-order valence-electron chi connectivity index (χ3n) is 8.16. The normalized spacial score (nSPS) is 23.8. The molecule has 0 radical (unpaired) electrons. The van der Waals surface area contributed by atoms with Gasteiger partial charge in [-0.3, -0.25) is 4.79 Å². The van der Waals surface area contributed by atoms with Crippen molar-refractivity contribution >= 4 is 5.97 Å². The van der Waals surface area contributed by atoms with Crippen molar-refractivity contribution < 1.29 is 42.0 Å². The summed E-state index contributed by atoms with van der Waals surface area (Å²) in [5.74, 6) is -1.40. The predicted molar refractivity (Wildman–Crippen MR) is 133 cm³/mol. The number of nitrogens with zero attached hydrogens (tertiary/aromatic N) is 2. The predicted octanol–water partition coefficient (Wildman–Crippen LogP) is 5.71. The first-order chi connectivity index (χ1) is 18.8. The minimum atomic E-state index is -4.72. The van der Waals surface area contributed by atoms with Crippen LogP contribution in [0.5, 0.6) is 11.8 Å². The summed E-state index contributed by atoms with van der Waals surface area (Å²) in [5.41, 5.74) is -0.898. The molecule has 2 fully saturated rings. The standard InChI is InChI=1S/C29H26F4N2O5/c1-27(2,38)6-3-7-39-22-10-19(29(31,32)33)17(11-34-22)14-4-5-20(30)15(8-14)13-40-21-9-16-18(12-35-21)24-25-23(16)28(24,25)26(36)37/h4-5,8-12,23-25,38H,3,6-7,13H2,1-2H3,(H,36,37). The third kappa shape index (κ3) is 4.27. The average molecular weight is 559 g/mol. The number of rotatable bonds is 10. The number of aliphatic carboxylic acids is 1. The minimum Gasteiger partial charge on any atom is -0.481 e. The topological polar surface area (TPSA) is 102 Å². The van der Waals surface area contributed by atoms with Gasteiger partial charge < -0.3 is 19.7 Å². The van der Waals surface area contributed by atoms with Gasteiger partial charge in [-0.15, -0.1) is 0 Å². The van der Waals surface area contributed by atoms with Gasteiger partial charge in [-0.2, -0.15) is 13.2 Å². The highest BCUT2D eigenvalue weighted by atomic mass is 19.4. The van der Waals surface area contributed by atoms with Gasteiger partial charge in [0.2, 0.25) is 11.8 Å². The Morgan fingerprint density at radius 2 is 1.73 bits per heavy atom. The summed E-state index contributed by atoms with van der Waals surface area (Å²) in [6, 6.07) is 6.08. The largest absolute Gasteiger partial charge is 0.481 e. The van der Waals surface area contributed by atoms with Crippen molar-refractivity contribution in [2.75, 3.05) is 6.61 Å². The molecule has 4 aliphatic carbocycles. The van der Waals surface area contributed by atoms with Gasteiger partial charge in [0, 0.05) is 47.5 Å². The maximum atomic E-state index is 14.6. The van der Waals surface area contributed by atoms with Crippen LogP contribution in [-0.4, -0.2) is 38.4 Å². The maximum Gasteiger partial charge on any atom is 0.417 e. The monoisotopic (exact) mass is 558 g/mol. The second-order valence-corrected chi connectivity index (χ2v) is 11.3. The number of benzene rings is 1. The zero-order valence-electron chi connectivity index (χ0n) is 21.6. The molecule has 3 aromatic rings. The summed E-state index contributed by atoms with van der Waals surface area (Å²) in [6.07, 6.45) is -1.25. The van der Waals surface area contributed by atoms with Crippen molar-refractivity contribution in [3.63, 3.8) is 0 Å². The molecule has 2 heterocycles. The molecule has 11 heteroatoms. The number of carbonyl (C=O) groups is 1. The Morgan fingerprint density at radius 1 is 1.02 bits per heavy atom. The van der Waals surface area contributed by atoms with Gasteiger partial charge in [-0.25, -0.2) is 14.4 Å². The zero-order chi connectivity index (χ0) is 28.6. The number of carboxylic acid groups (broad SMARTS) is 1. The SMILES string of the molecule is CC(C)(O)CCCOc1cc(C(F)(F)F)c(-c2ccc(F)c(COc3cc4c(cn3)C3C5C4C35C(=O)O)c2)cn1. The van der Waals surface area contributed by atoms with Crippen molar-refractivity contribution in [2.24, 2.45) is 11.3 Å². The number of hydrogen-bond donors (Lipinski definition) is 2. The van der Waals surface area contributed by atoms with E-state index in [-0.39, 0.29) is 59.4 Å². The molecular formula is C29H26F4N2O5. The van der Waals surface area contributed by atoms with E-state index in [0.717, 1.165) is 29.5 Å². The molecule has 0 spiro atoms. The molecular weight excluding hydrogens is 532 g/mol. The van der Waals surface area contributed by atoms with E-state index in [2.05, 4.69) is 9.97 Å². The lowest BCUT2D eigenvalue weighted by Gasteiger charge is -2.17. The molecule has 0 saturated heterocycles. The van der Waals surface area contributed by atoms with Gasteiger partial charge in [0.1, 0.15) is 12.4 Å². The summed E-state index contributed by atoms with van der Waals surface area (Å²) < 4.78 is 67.6. The Kier molecular flexibility index (Phi) is 5.89. The second-order valence-electron chi connectivity index (χ2n) is 11.3. The Bertz CT molecular complexity index is 1520. The van der Waals surface area contributed by atoms with Gasteiger partial charge in [-0.1, -0.05) is 6.07 Å². The number of ether oxygens (including phenoxy) is 2. The molecule has 210 valence electrons. The molecule has 0 aliphatic heterocycles. The molecule has 2 N–H and O–H groups in total. The van der Waals surface area contributed by atoms with Crippen LogP contribution in [0.25, 0.3) is 11.1 Å². The van der Waals surface area contributed by atoms with Crippen molar-refractivity contribution in [3.05, 3.63) is 70.8 Å². The molecule has 7 rings (SSSR count). The molecule has 1 aromatic carbocycles. The lowest BCUT2D eigenvalue weighted by molar-refractivity contribution is -0.141. The van der Waals surface area contributed by atoms with Crippen LogP contribution >= 0.6 is 0 Å². The molecule has 0 amide bonds. The fourth-order valence-corrected chi connectivity index (χ4v) is 6.18. The Hall–Kier alpha value is -3.73. The van der Waals surface area contributed by atoms with E-state index in [1.807, 2.05) is 0 Å². The smallest absolute Gasteiger partial charge is 0.417 e. The summed E-state index contributed by atoms with van der Waals surface area (Å²) in [4.78, 5) is 19.9. The Labute approximate surface area is 226 Å². The van der Waals surface area contributed by atoms with Crippen molar-refractivity contribution in [1.82, 2.24) is 9.97 Å². The quantitative estimate of drug-likeness (QED) is 0.243. The lowest BCUT2D eigenvalue weighted by Crippen LogP contribution is -2.19. The Balaban J connectivity index is 1.18. The van der Waals surface area contributed by atoms with Crippen molar-refractivity contribution in [1.29, 1.82) is 0 Å². The molecule has 2 aromatic heterocycles. The zero-order valence-corrected chi connectivity index (χ0v) is 21.6. The highest BCUT2D eigenvalue weighted by Crippen LogP contribution is 2.96. The number of halogens is 4. The van der Waals surface area contributed by atoms with Crippen LogP contribution in [-0.2, 0) is 17.6 Å². The number of hydrogen-bond acceptors (Lipinski definition) is 6.